The summed E-state index contributed by atoms with van der Waals surface area (Å²) in [6.45, 7) is 0. The predicted octanol–water partition coefficient (Wildman–Crippen LogP) is 1.74. The van der Waals surface area contributed by atoms with Crippen molar-refractivity contribution in [3.63, 3.8) is 0 Å². The molecule has 0 N–H and O–H groups in total. The van der Waals surface area contributed by atoms with Crippen molar-refractivity contribution in [3.05, 3.63) is 28.3 Å². The van der Waals surface area contributed by atoms with Gasteiger partial charge in [0.1, 0.15) is 15.6 Å². The quantitative estimate of drug-likeness (QED) is 0.451. The zero-order valence-electron chi connectivity index (χ0n) is 9.95. The van der Waals surface area contributed by atoms with Crippen LogP contribution in [0.3, 0.4) is 0 Å². The molecule has 0 aliphatic heterocycles. The molecule has 0 atom stereocenters. The first kappa shape index (κ1) is 14.8. The minimum absolute atomic E-state index is 0.0218. The average molecular weight is 291 g/mol. The number of hydrogen-bond acceptors (Lipinski definition) is 6. The van der Waals surface area contributed by atoms with E-state index in [1.165, 1.54) is 25.3 Å². The minimum atomic E-state index is -3.06. The zero-order valence-corrected chi connectivity index (χ0v) is 11.6. The summed E-state index contributed by atoms with van der Waals surface area (Å²) < 4.78 is 27.0. The largest absolute Gasteiger partial charge is 0.497 e. The lowest BCUT2D eigenvalue weighted by atomic mass is 10.3. The summed E-state index contributed by atoms with van der Waals surface area (Å²) in [7, 11) is -1.60. The van der Waals surface area contributed by atoms with Crippen molar-refractivity contribution >= 4 is 27.3 Å². The molecule has 0 aliphatic carbocycles. The van der Waals surface area contributed by atoms with Crippen molar-refractivity contribution in [2.75, 3.05) is 24.9 Å². The molecule has 8 heteroatoms. The normalized spacial score (nSPS) is 11.2. The van der Waals surface area contributed by atoms with Crippen molar-refractivity contribution in [1.29, 1.82) is 0 Å². The fraction of sp³-hybridized carbons (Fsp3) is 0.400. The molecule has 1 aromatic carbocycles. The van der Waals surface area contributed by atoms with E-state index in [0.29, 0.717) is 10.6 Å². The topological polar surface area (TPSA) is 86.5 Å². The maximum Gasteiger partial charge on any atom is 0.283 e. The summed E-state index contributed by atoms with van der Waals surface area (Å²) >= 11 is 1.13. The molecule has 0 saturated heterocycles. The number of hydrogen-bond donors (Lipinski definition) is 0. The number of rotatable bonds is 6. The number of nitro groups is 1. The van der Waals surface area contributed by atoms with Crippen LogP contribution in [0.5, 0.6) is 5.75 Å². The van der Waals surface area contributed by atoms with Crippen LogP contribution in [-0.4, -0.2) is 38.2 Å². The Bertz CT molecular complexity index is 541. The number of ether oxygens (including phenoxy) is 1. The van der Waals surface area contributed by atoms with E-state index in [1.807, 2.05) is 0 Å². The number of thioether (sulfide) groups is 1. The standard InChI is InChI=1S/C10H13NO5S2/c1-16-8-3-4-9(11(12)13)10(7-8)17-5-6-18(2,14)15/h3-4,7H,5-6H2,1-2H3. The molecule has 6 nitrogen and oxygen atoms in total. The molecule has 1 aromatic rings. The Hall–Kier alpha value is -1.28. The number of benzene rings is 1. The van der Waals surface area contributed by atoms with Gasteiger partial charge in [-0.05, 0) is 6.07 Å². The van der Waals surface area contributed by atoms with Gasteiger partial charge in [-0.25, -0.2) is 8.42 Å². The molecule has 0 aromatic heterocycles. The third-order valence-corrected chi connectivity index (χ3v) is 4.33. The Kier molecular flexibility index (Phi) is 4.97. The van der Waals surface area contributed by atoms with Gasteiger partial charge in [0.25, 0.3) is 5.69 Å². The van der Waals surface area contributed by atoms with Crippen molar-refractivity contribution in [3.8, 4) is 5.75 Å². The molecule has 0 radical (unpaired) electrons. The first-order chi connectivity index (χ1) is 8.33. The third-order valence-electron chi connectivity index (χ3n) is 2.08. The lowest BCUT2D eigenvalue weighted by molar-refractivity contribution is -0.387. The Labute approximate surface area is 109 Å². The molecule has 0 saturated carbocycles. The second kappa shape index (κ2) is 6.05. The van der Waals surface area contributed by atoms with Crippen molar-refractivity contribution in [2.24, 2.45) is 0 Å². The van der Waals surface area contributed by atoms with Gasteiger partial charge in [0.05, 0.1) is 22.7 Å². The summed E-state index contributed by atoms with van der Waals surface area (Å²) in [4.78, 5) is 10.7. The van der Waals surface area contributed by atoms with Gasteiger partial charge in [-0.15, -0.1) is 11.8 Å². The van der Waals surface area contributed by atoms with Crippen LogP contribution in [0, 0.1) is 10.1 Å². The SMILES string of the molecule is COc1ccc([N+](=O)[O-])c(SCCS(C)(=O)=O)c1. The first-order valence-corrected chi connectivity index (χ1v) is 8.01. The average Bonchev–Trinajstić information content (AvgIpc) is 2.26. The van der Waals surface area contributed by atoms with E-state index in [0.717, 1.165) is 18.0 Å². The summed E-state index contributed by atoms with van der Waals surface area (Å²) in [5.74, 6) is 0.751. The van der Waals surface area contributed by atoms with Gasteiger partial charge in [0.2, 0.25) is 0 Å². The lowest BCUT2D eigenvalue weighted by Gasteiger charge is -2.05. The molecule has 0 bridgehead atoms. The van der Waals surface area contributed by atoms with Crippen LogP contribution in [0.1, 0.15) is 0 Å². The van der Waals surface area contributed by atoms with Crippen molar-refractivity contribution in [2.45, 2.75) is 4.90 Å². The second-order valence-electron chi connectivity index (χ2n) is 3.57. The molecule has 0 heterocycles. The van der Waals surface area contributed by atoms with E-state index in [4.69, 9.17) is 4.74 Å². The molecule has 0 aliphatic rings. The maximum atomic E-state index is 11.0. The first-order valence-electron chi connectivity index (χ1n) is 4.96. The highest BCUT2D eigenvalue weighted by Gasteiger charge is 2.15. The number of sulfone groups is 1. The molecule has 0 amide bonds. The van der Waals surface area contributed by atoms with Crippen LogP contribution in [0.4, 0.5) is 5.69 Å². The van der Waals surface area contributed by atoms with Crippen LogP contribution in [0.25, 0.3) is 0 Å². The van der Waals surface area contributed by atoms with Crippen LogP contribution in [0.2, 0.25) is 0 Å². The van der Waals surface area contributed by atoms with E-state index < -0.39 is 14.8 Å². The number of nitrogens with zero attached hydrogens (tertiary/aromatic N) is 1. The lowest BCUT2D eigenvalue weighted by Crippen LogP contribution is -2.05. The third kappa shape index (κ3) is 4.53. The van der Waals surface area contributed by atoms with Crippen LogP contribution < -0.4 is 4.74 Å². The van der Waals surface area contributed by atoms with Crippen LogP contribution in [0.15, 0.2) is 23.1 Å². The molecule has 1 rings (SSSR count). The maximum absolute atomic E-state index is 11.0. The highest BCUT2D eigenvalue weighted by atomic mass is 32.2. The molecule has 100 valence electrons. The van der Waals surface area contributed by atoms with Crippen LogP contribution >= 0.6 is 11.8 Å². The highest BCUT2D eigenvalue weighted by Crippen LogP contribution is 2.32. The molecule has 0 spiro atoms. The predicted molar refractivity (Wildman–Crippen MR) is 70.1 cm³/mol. The summed E-state index contributed by atoms with van der Waals surface area (Å²) in [6.07, 6.45) is 1.13. The summed E-state index contributed by atoms with van der Waals surface area (Å²) in [5, 5.41) is 10.8. The van der Waals surface area contributed by atoms with Gasteiger partial charge in [-0.2, -0.15) is 0 Å². The minimum Gasteiger partial charge on any atom is -0.497 e. The second-order valence-corrected chi connectivity index (χ2v) is 6.97. The van der Waals surface area contributed by atoms with E-state index in [9.17, 15) is 18.5 Å². The van der Waals surface area contributed by atoms with Gasteiger partial charge < -0.3 is 4.74 Å². The number of nitro benzene ring substituents is 1. The van der Waals surface area contributed by atoms with Crippen LogP contribution in [-0.2, 0) is 9.84 Å². The molecular formula is C10H13NO5S2. The number of methoxy groups -OCH3 is 1. The van der Waals surface area contributed by atoms with Crippen molar-refractivity contribution < 1.29 is 18.1 Å². The fourth-order valence-electron chi connectivity index (χ4n) is 1.19. The Balaban J connectivity index is 2.87. The fourth-order valence-corrected chi connectivity index (χ4v) is 3.45. The summed E-state index contributed by atoms with van der Waals surface area (Å²) in [6, 6.07) is 4.38. The van der Waals surface area contributed by atoms with E-state index in [2.05, 4.69) is 0 Å². The molecule has 0 unspecified atom stereocenters. The molecular weight excluding hydrogens is 278 g/mol. The summed E-state index contributed by atoms with van der Waals surface area (Å²) in [5.41, 5.74) is -0.0469. The van der Waals surface area contributed by atoms with Gasteiger partial charge in [-0.3, -0.25) is 10.1 Å². The molecule has 18 heavy (non-hydrogen) atoms. The van der Waals surface area contributed by atoms with Crippen molar-refractivity contribution in [1.82, 2.24) is 0 Å². The van der Waals surface area contributed by atoms with Gasteiger partial charge >= 0.3 is 0 Å². The van der Waals surface area contributed by atoms with E-state index in [1.54, 1.807) is 0 Å². The van der Waals surface area contributed by atoms with E-state index >= 15 is 0 Å². The van der Waals surface area contributed by atoms with Gasteiger partial charge in [0.15, 0.2) is 0 Å². The van der Waals surface area contributed by atoms with Gasteiger partial charge in [0, 0.05) is 24.1 Å². The Morgan fingerprint density at radius 1 is 1.44 bits per heavy atom. The smallest absolute Gasteiger partial charge is 0.283 e. The zero-order chi connectivity index (χ0) is 13.8. The van der Waals surface area contributed by atoms with E-state index in [-0.39, 0.29) is 17.2 Å². The molecule has 0 fully saturated rings. The monoisotopic (exact) mass is 291 g/mol. The Morgan fingerprint density at radius 3 is 2.61 bits per heavy atom. The highest BCUT2D eigenvalue weighted by molar-refractivity contribution is 8.00. The van der Waals surface area contributed by atoms with Gasteiger partial charge in [-0.1, -0.05) is 0 Å². The Morgan fingerprint density at radius 2 is 2.11 bits per heavy atom.